The molecular formula is C16H17NO2. The van der Waals surface area contributed by atoms with Crippen molar-refractivity contribution >= 4 is 5.78 Å². The van der Waals surface area contributed by atoms with Gasteiger partial charge in [0.05, 0.1) is 18.8 Å². The van der Waals surface area contributed by atoms with Crippen LogP contribution in [0.4, 0.5) is 0 Å². The maximum Gasteiger partial charge on any atom is 0.156 e. The molecule has 0 aromatic heterocycles. The van der Waals surface area contributed by atoms with Gasteiger partial charge in [0.25, 0.3) is 0 Å². The van der Waals surface area contributed by atoms with Crippen molar-refractivity contribution < 1.29 is 9.53 Å². The van der Waals surface area contributed by atoms with Crippen molar-refractivity contribution in [1.29, 1.82) is 0 Å². The number of ketones is 1. The van der Waals surface area contributed by atoms with E-state index in [-0.39, 0.29) is 6.10 Å². The second kappa shape index (κ2) is 4.29. The molecule has 4 rings (SSSR count). The summed E-state index contributed by atoms with van der Waals surface area (Å²) in [7, 11) is 0. The Morgan fingerprint density at radius 1 is 1.21 bits per heavy atom. The lowest BCUT2D eigenvalue weighted by Crippen LogP contribution is -2.58. The van der Waals surface area contributed by atoms with Crippen LogP contribution in [0.1, 0.15) is 12.0 Å². The molecule has 0 spiro atoms. The number of rotatable bonds is 3. The molecule has 3 heteroatoms. The molecule has 3 aliphatic rings. The summed E-state index contributed by atoms with van der Waals surface area (Å²) >= 11 is 0. The highest BCUT2D eigenvalue weighted by atomic mass is 16.5. The highest BCUT2D eigenvalue weighted by Crippen LogP contribution is 2.43. The van der Waals surface area contributed by atoms with Crippen molar-refractivity contribution in [3.05, 3.63) is 47.5 Å². The quantitative estimate of drug-likeness (QED) is 0.824. The fraction of sp³-hybridized carbons (Fsp3) is 0.438. The minimum absolute atomic E-state index is 0.266. The second-order valence-corrected chi connectivity index (χ2v) is 5.75. The average Bonchev–Trinajstić information content (AvgIpc) is 2.85. The first-order chi connectivity index (χ1) is 9.31. The van der Waals surface area contributed by atoms with Crippen LogP contribution in [0.25, 0.3) is 0 Å². The Morgan fingerprint density at radius 2 is 2.05 bits per heavy atom. The van der Waals surface area contributed by atoms with Crippen LogP contribution in [0.3, 0.4) is 0 Å². The summed E-state index contributed by atoms with van der Waals surface area (Å²) in [5.41, 5.74) is 2.54. The number of nitrogens with zero attached hydrogens (tertiary/aromatic N) is 1. The van der Waals surface area contributed by atoms with Crippen molar-refractivity contribution in [2.45, 2.75) is 25.2 Å². The largest absolute Gasteiger partial charge is 0.370 e. The molecule has 2 aliphatic heterocycles. The van der Waals surface area contributed by atoms with Crippen LogP contribution < -0.4 is 0 Å². The Balaban J connectivity index is 1.42. The molecule has 2 fully saturated rings. The predicted molar refractivity (Wildman–Crippen MR) is 71.6 cm³/mol. The lowest BCUT2D eigenvalue weighted by Gasteiger charge is -2.43. The Hall–Kier alpha value is -1.45. The third-order valence-electron chi connectivity index (χ3n) is 4.51. The molecule has 1 aromatic carbocycles. The molecule has 0 bridgehead atoms. The summed E-state index contributed by atoms with van der Waals surface area (Å²) in [5, 5.41) is 0. The summed E-state index contributed by atoms with van der Waals surface area (Å²) in [6.45, 7) is 2.73. The van der Waals surface area contributed by atoms with Gasteiger partial charge in [0, 0.05) is 25.4 Å². The molecular weight excluding hydrogens is 238 g/mol. The maximum atomic E-state index is 11.5. The Kier molecular flexibility index (Phi) is 2.57. The number of ether oxygens (including phenoxy) is 1. The lowest BCUT2D eigenvalue weighted by molar-refractivity contribution is -0.115. The zero-order valence-electron chi connectivity index (χ0n) is 10.8. The summed E-state index contributed by atoms with van der Waals surface area (Å²) in [6.07, 6.45) is 2.85. The van der Waals surface area contributed by atoms with Gasteiger partial charge in [0.1, 0.15) is 0 Å². The van der Waals surface area contributed by atoms with E-state index in [0.717, 1.165) is 13.1 Å². The minimum Gasteiger partial charge on any atom is -0.370 e. The van der Waals surface area contributed by atoms with Crippen LogP contribution in [0.5, 0.6) is 0 Å². The van der Waals surface area contributed by atoms with E-state index in [1.807, 2.05) is 24.3 Å². The fourth-order valence-corrected chi connectivity index (χ4v) is 3.58. The van der Waals surface area contributed by atoms with Gasteiger partial charge in [-0.1, -0.05) is 30.3 Å². The van der Waals surface area contributed by atoms with E-state index in [1.54, 1.807) is 0 Å². The Labute approximate surface area is 112 Å². The van der Waals surface area contributed by atoms with Crippen molar-refractivity contribution in [3.63, 3.8) is 0 Å². The van der Waals surface area contributed by atoms with Crippen molar-refractivity contribution in [2.75, 3.05) is 13.1 Å². The van der Waals surface area contributed by atoms with Gasteiger partial charge in [0.2, 0.25) is 0 Å². The van der Waals surface area contributed by atoms with Crippen LogP contribution in [0, 0.1) is 5.92 Å². The van der Waals surface area contributed by atoms with Crippen LogP contribution in [-0.4, -0.2) is 35.9 Å². The summed E-state index contributed by atoms with van der Waals surface area (Å²) in [6, 6.07) is 10.6. The number of hydrogen-bond donors (Lipinski definition) is 0. The first kappa shape index (κ1) is 11.4. The summed E-state index contributed by atoms with van der Waals surface area (Å²) in [4.78, 5) is 13.9. The van der Waals surface area contributed by atoms with Gasteiger partial charge in [-0.3, -0.25) is 9.69 Å². The highest BCUT2D eigenvalue weighted by Gasteiger charge is 2.51. The molecule has 3 atom stereocenters. The number of allylic oxidation sites excluding steroid dienone is 1. The van der Waals surface area contributed by atoms with E-state index in [2.05, 4.69) is 17.0 Å². The Bertz CT molecular complexity index is 537. The average molecular weight is 255 g/mol. The maximum absolute atomic E-state index is 11.5. The van der Waals surface area contributed by atoms with Gasteiger partial charge >= 0.3 is 0 Å². The molecule has 0 amide bonds. The molecule has 19 heavy (non-hydrogen) atoms. The lowest BCUT2D eigenvalue weighted by atomic mass is 9.93. The molecule has 0 N–H and O–H groups in total. The topological polar surface area (TPSA) is 29.5 Å². The molecule has 3 nitrogen and oxygen atoms in total. The fourth-order valence-electron chi connectivity index (χ4n) is 3.58. The molecule has 2 heterocycles. The number of carbonyl (C=O) groups excluding carboxylic acids is 1. The molecule has 98 valence electrons. The standard InChI is InChI=1S/C16H17NO2/c18-13-6-12-8-17-9-15(16(17)14(12)7-13)19-10-11-4-2-1-3-5-11/h1-5,7,12,15-16H,6,8-10H2/t12?,15-,16-/m1/s1. The van der Waals surface area contributed by atoms with Crippen LogP contribution in [0.15, 0.2) is 42.0 Å². The second-order valence-electron chi connectivity index (χ2n) is 5.75. The normalized spacial score (nSPS) is 32.7. The van der Waals surface area contributed by atoms with Gasteiger partial charge < -0.3 is 4.74 Å². The van der Waals surface area contributed by atoms with E-state index in [0.29, 0.717) is 30.8 Å². The van der Waals surface area contributed by atoms with E-state index in [9.17, 15) is 4.79 Å². The SMILES string of the molecule is O=C1C=C2C(C1)CN1C[C@@H](OCc3ccccc3)[C@@H]21. The zero-order valence-corrected chi connectivity index (χ0v) is 10.8. The third-order valence-corrected chi connectivity index (χ3v) is 4.51. The predicted octanol–water partition coefficient (Wildman–Crippen LogP) is 1.78. The van der Waals surface area contributed by atoms with Gasteiger partial charge in [0.15, 0.2) is 5.78 Å². The van der Waals surface area contributed by atoms with Crippen molar-refractivity contribution in [2.24, 2.45) is 5.92 Å². The van der Waals surface area contributed by atoms with Crippen LogP contribution in [0.2, 0.25) is 0 Å². The number of benzene rings is 1. The minimum atomic E-state index is 0.266. The van der Waals surface area contributed by atoms with Gasteiger partial charge in [-0.25, -0.2) is 0 Å². The number of fused-ring (bicyclic) bond motifs is 3. The van der Waals surface area contributed by atoms with Crippen LogP contribution >= 0.6 is 0 Å². The van der Waals surface area contributed by atoms with Crippen LogP contribution in [-0.2, 0) is 16.1 Å². The third kappa shape index (κ3) is 1.85. The smallest absolute Gasteiger partial charge is 0.156 e. The first-order valence-corrected chi connectivity index (χ1v) is 6.95. The summed E-state index contributed by atoms with van der Waals surface area (Å²) in [5.74, 6) is 0.774. The molecule has 0 radical (unpaired) electrons. The van der Waals surface area contributed by atoms with Crippen molar-refractivity contribution in [3.8, 4) is 0 Å². The highest BCUT2D eigenvalue weighted by molar-refractivity contribution is 5.94. The van der Waals surface area contributed by atoms with E-state index in [1.165, 1.54) is 11.1 Å². The van der Waals surface area contributed by atoms with E-state index in [4.69, 9.17) is 4.74 Å². The molecule has 1 aliphatic carbocycles. The van der Waals surface area contributed by atoms with Crippen molar-refractivity contribution in [1.82, 2.24) is 4.90 Å². The zero-order chi connectivity index (χ0) is 12.8. The monoisotopic (exact) mass is 255 g/mol. The van der Waals surface area contributed by atoms with Gasteiger partial charge in [-0.05, 0) is 17.2 Å². The number of carbonyl (C=O) groups is 1. The molecule has 0 saturated carbocycles. The molecule has 1 aromatic rings. The van der Waals surface area contributed by atoms with Gasteiger partial charge in [-0.15, -0.1) is 0 Å². The summed E-state index contributed by atoms with van der Waals surface area (Å²) < 4.78 is 6.03. The molecule has 1 unspecified atom stereocenters. The first-order valence-electron chi connectivity index (χ1n) is 6.95. The Morgan fingerprint density at radius 3 is 2.89 bits per heavy atom. The van der Waals surface area contributed by atoms with Gasteiger partial charge in [-0.2, -0.15) is 0 Å². The van der Waals surface area contributed by atoms with E-state index >= 15 is 0 Å². The number of hydrogen-bond acceptors (Lipinski definition) is 3. The molecule has 2 saturated heterocycles. The van der Waals surface area contributed by atoms with E-state index < -0.39 is 0 Å².